The number of nitrogens with one attached hydrogen (secondary N) is 1. The number of aromatic amines is 1. The van der Waals surface area contributed by atoms with Crippen molar-refractivity contribution >= 4 is 28.7 Å². The lowest BCUT2D eigenvalue weighted by atomic mass is 9.96. The molecule has 290 valence electrons. The zero-order valence-electron chi connectivity index (χ0n) is 33.3. The summed E-state index contributed by atoms with van der Waals surface area (Å²) in [5.74, 6) is 0. The molecular formula is C52H46N6O. The highest BCUT2D eigenvalue weighted by molar-refractivity contribution is 5.79. The Bertz CT molecular complexity index is 2780. The molecule has 8 aromatic rings. The number of nitrogens with zero attached hydrogens (tertiary/aromatic N) is 5. The van der Waals surface area contributed by atoms with E-state index in [0.29, 0.717) is 11.9 Å². The van der Waals surface area contributed by atoms with Gasteiger partial charge in [-0.3, -0.25) is 9.36 Å². The maximum Gasteiger partial charge on any atom is 0.276 e. The van der Waals surface area contributed by atoms with Crippen molar-refractivity contribution in [3.63, 3.8) is 0 Å². The number of benzene rings is 7. The van der Waals surface area contributed by atoms with Crippen LogP contribution >= 0.6 is 0 Å². The van der Waals surface area contributed by atoms with E-state index in [2.05, 4.69) is 209 Å². The second-order valence-electron chi connectivity index (χ2n) is 14.7. The summed E-state index contributed by atoms with van der Waals surface area (Å²) in [4.78, 5) is 18.0. The predicted octanol–water partition coefficient (Wildman–Crippen LogP) is 9.54. The first-order chi connectivity index (χ1) is 29.1. The molecule has 9 rings (SSSR count). The third-order valence-electron chi connectivity index (χ3n) is 10.9. The second kappa shape index (κ2) is 16.6. The molecule has 59 heavy (non-hydrogen) atoms. The lowest BCUT2D eigenvalue weighted by Crippen LogP contribution is -2.47. The van der Waals surface area contributed by atoms with Crippen LogP contribution in [-0.4, -0.2) is 21.6 Å². The Morgan fingerprint density at radius 2 is 1.07 bits per heavy atom. The lowest BCUT2D eigenvalue weighted by Gasteiger charge is -2.37. The van der Waals surface area contributed by atoms with Crippen LogP contribution in [0.4, 0.5) is 17.1 Å². The molecule has 7 heteroatoms. The van der Waals surface area contributed by atoms with E-state index in [-0.39, 0.29) is 11.7 Å². The minimum atomic E-state index is -0.211. The van der Waals surface area contributed by atoms with Crippen LogP contribution in [0.5, 0.6) is 0 Å². The zero-order chi connectivity index (χ0) is 40.1. The van der Waals surface area contributed by atoms with Crippen LogP contribution in [0, 0.1) is 0 Å². The molecule has 1 aliphatic rings. The molecule has 0 aliphatic carbocycles. The highest BCUT2D eigenvalue weighted by Crippen LogP contribution is 2.45. The molecular weight excluding hydrogens is 725 g/mol. The van der Waals surface area contributed by atoms with Crippen molar-refractivity contribution in [1.29, 1.82) is 0 Å². The summed E-state index contributed by atoms with van der Waals surface area (Å²) in [6, 6.07) is 69.3. The van der Waals surface area contributed by atoms with Crippen LogP contribution in [0.3, 0.4) is 0 Å². The maximum absolute atomic E-state index is 14.4. The molecule has 7 nitrogen and oxygen atoms in total. The number of rotatable bonds is 10. The topological polar surface area (TPSA) is 50.8 Å². The number of aromatic nitrogens is 2. The molecule has 1 aliphatic heterocycles. The van der Waals surface area contributed by atoms with Crippen molar-refractivity contribution in [3.8, 4) is 11.1 Å². The Morgan fingerprint density at radius 1 is 0.576 bits per heavy atom. The van der Waals surface area contributed by atoms with E-state index in [1.807, 2.05) is 41.0 Å². The Balaban J connectivity index is 1.12. The maximum atomic E-state index is 14.4. The summed E-state index contributed by atoms with van der Waals surface area (Å²) in [7, 11) is 2.16. The first-order valence-corrected chi connectivity index (χ1v) is 20.2. The van der Waals surface area contributed by atoms with Gasteiger partial charge in [0.05, 0.1) is 23.6 Å². The molecule has 0 saturated carbocycles. The van der Waals surface area contributed by atoms with Crippen LogP contribution in [0.1, 0.15) is 41.8 Å². The Labute approximate surface area is 345 Å². The number of anilines is 3. The summed E-state index contributed by atoms with van der Waals surface area (Å²) in [6.07, 6.45) is 2.68. The fourth-order valence-electron chi connectivity index (χ4n) is 8.20. The van der Waals surface area contributed by atoms with E-state index in [1.54, 1.807) is 0 Å². The number of hydrogen-bond acceptors (Lipinski definition) is 5. The molecule has 0 bridgehead atoms. The summed E-state index contributed by atoms with van der Waals surface area (Å²) in [6.45, 7) is 2.53. The van der Waals surface area contributed by atoms with Crippen molar-refractivity contribution in [2.24, 2.45) is 0 Å². The minimum absolute atomic E-state index is 0.0435. The molecule has 0 spiro atoms. The molecule has 1 N–H and O–H groups in total. The molecule has 7 aromatic carbocycles. The Hall–Kier alpha value is -7.35. The van der Waals surface area contributed by atoms with Crippen LogP contribution in [0.2, 0.25) is 0 Å². The van der Waals surface area contributed by atoms with Gasteiger partial charge in [-0.2, -0.15) is 15.2 Å². The van der Waals surface area contributed by atoms with Crippen LogP contribution in [0.25, 0.3) is 22.8 Å². The average molecular weight is 771 g/mol. The average Bonchev–Trinajstić information content (AvgIpc) is 3.77. The highest BCUT2D eigenvalue weighted by Gasteiger charge is 2.45. The van der Waals surface area contributed by atoms with Crippen molar-refractivity contribution in [2.75, 3.05) is 22.3 Å². The van der Waals surface area contributed by atoms with Crippen molar-refractivity contribution < 1.29 is 0 Å². The zero-order valence-corrected chi connectivity index (χ0v) is 33.3. The summed E-state index contributed by atoms with van der Waals surface area (Å²) < 4.78 is 1.87. The summed E-state index contributed by atoms with van der Waals surface area (Å²) >= 11 is 0. The van der Waals surface area contributed by atoms with E-state index in [9.17, 15) is 4.79 Å². The molecule has 2 heterocycles. The first kappa shape index (κ1) is 37.2. The fraction of sp³-hybridized carbons (Fsp3) is 0.0962. The van der Waals surface area contributed by atoms with Gasteiger partial charge in [-0.25, -0.2) is 5.01 Å². The van der Waals surface area contributed by atoms with Gasteiger partial charge in [-0.15, -0.1) is 0 Å². The van der Waals surface area contributed by atoms with Crippen molar-refractivity contribution in [3.05, 3.63) is 244 Å². The van der Waals surface area contributed by atoms with E-state index < -0.39 is 0 Å². The minimum Gasteiger partial charge on any atom is -0.337 e. The molecule has 0 radical (unpaired) electrons. The van der Waals surface area contributed by atoms with Crippen LogP contribution < -0.4 is 31.6 Å². The normalized spacial score (nSPS) is 14.6. The molecule has 1 fully saturated rings. The summed E-state index contributed by atoms with van der Waals surface area (Å²) in [5.41, 5.74) is 11.2. The third-order valence-corrected chi connectivity index (χ3v) is 10.9. The number of imidazole rings is 1. The smallest absolute Gasteiger partial charge is 0.276 e. The molecule has 1 atom stereocenters. The highest BCUT2D eigenvalue weighted by atomic mass is 16.1. The standard InChI is InChI=1S/C52H46N6O/c1-3-21-48-53-50(49(41-22-9-4-10-23-41)42-24-11-5-12-25-42)52(59)55(48)38-39-34-36-40(37-35-39)46-32-19-20-33-47(46)51-54(2)57(44-28-15-7-16-29-44)58(45-30-17-8-18-31-45)56(51)43-26-13-6-14-27-43/h4-37,51,53H,3,38H2,1-2H3. The van der Waals surface area contributed by atoms with Gasteiger partial charge in [0.25, 0.3) is 5.56 Å². The lowest BCUT2D eigenvalue weighted by molar-refractivity contribution is 0.291. The first-order valence-electron chi connectivity index (χ1n) is 20.2. The number of hydrogen-bond donors (Lipinski definition) is 1. The predicted molar refractivity (Wildman–Crippen MR) is 242 cm³/mol. The van der Waals surface area contributed by atoms with Crippen LogP contribution in [-0.2, 0) is 6.54 Å². The van der Waals surface area contributed by atoms with Gasteiger partial charge in [0.15, 0.2) is 0 Å². The molecule has 1 aromatic heterocycles. The number of H-pyrrole nitrogens is 1. The Kier molecular flexibility index (Phi) is 10.5. The molecule has 1 unspecified atom stereocenters. The number of hydrazine groups is 3. The van der Waals surface area contributed by atoms with Gasteiger partial charge < -0.3 is 4.98 Å². The fourth-order valence-corrected chi connectivity index (χ4v) is 8.20. The van der Waals surface area contributed by atoms with E-state index in [1.165, 1.54) is 0 Å². The van der Waals surface area contributed by atoms with Gasteiger partial charge >= 0.3 is 0 Å². The van der Waals surface area contributed by atoms with Gasteiger partial charge in [0, 0.05) is 18.2 Å². The van der Waals surface area contributed by atoms with Gasteiger partial charge in [0.1, 0.15) is 17.0 Å². The Morgan fingerprint density at radius 3 is 1.63 bits per heavy atom. The molecule has 1 saturated heterocycles. The SMILES string of the molecule is CCC=c1[nH]c(=C(c2ccccc2)c2ccccc2)c(=O)n1Cc1ccc(-c2ccccc2C2N(C)N(c3ccccc3)N(c3ccccc3)N2c2ccccc2)cc1. The van der Waals surface area contributed by atoms with Gasteiger partial charge in [0.2, 0.25) is 0 Å². The molecule has 0 amide bonds. The quantitative estimate of drug-likeness (QED) is 0.150. The van der Waals surface area contributed by atoms with Gasteiger partial charge in [-0.1, -0.05) is 171 Å². The number of para-hydroxylation sites is 3. The van der Waals surface area contributed by atoms with Crippen molar-refractivity contribution in [2.45, 2.75) is 26.1 Å². The van der Waals surface area contributed by atoms with Gasteiger partial charge in [-0.05, 0) is 76.7 Å². The third kappa shape index (κ3) is 7.24. The van der Waals surface area contributed by atoms with E-state index >= 15 is 0 Å². The monoisotopic (exact) mass is 770 g/mol. The van der Waals surface area contributed by atoms with Crippen molar-refractivity contribution in [1.82, 2.24) is 14.6 Å². The van der Waals surface area contributed by atoms with Crippen LogP contribution in [0.15, 0.2) is 205 Å². The largest absolute Gasteiger partial charge is 0.337 e. The van der Waals surface area contributed by atoms with E-state index in [4.69, 9.17) is 0 Å². The second-order valence-corrected chi connectivity index (χ2v) is 14.7. The van der Waals surface area contributed by atoms with E-state index in [0.717, 1.165) is 67.9 Å². The summed E-state index contributed by atoms with van der Waals surface area (Å²) in [5, 5.41) is 9.78.